The van der Waals surface area contributed by atoms with Crippen molar-refractivity contribution in [3.05, 3.63) is 0 Å². The summed E-state index contributed by atoms with van der Waals surface area (Å²) in [6.07, 6.45) is 2.76. The first-order chi connectivity index (χ1) is 6.04. The van der Waals surface area contributed by atoms with E-state index in [0.717, 1.165) is 25.5 Å². The molecule has 1 aliphatic rings. The zero-order valence-corrected chi connectivity index (χ0v) is 9.39. The summed E-state index contributed by atoms with van der Waals surface area (Å²) in [5, 5.41) is 3.61. The molecule has 2 nitrogen and oxygen atoms in total. The molecule has 78 valence electrons. The third-order valence-electron chi connectivity index (χ3n) is 3.14. The highest BCUT2D eigenvalue weighted by atomic mass is 16.5. The van der Waals surface area contributed by atoms with Gasteiger partial charge in [0.2, 0.25) is 0 Å². The molecule has 0 saturated carbocycles. The second-order valence-corrected chi connectivity index (χ2v) is 4.79. The zero-order chi connectivity index (χ0) is 9.90. The second-order valence-electron chi connectivity index (χ2n) is 4.79. The summed E-state index contributed by atoms with van der Waals surface area (Å²) in [5.41, 5.74) is 0.217. The summed E-state index contributed by atoms with van der Waals surface area (Å²) >= 11 is 0. The molecule has 1 fully saturated rings. The van der Waals surface area contributed by atoms with Gasteiger partial charge in [-0.3, -0.25) is 0 Å². The highest BCUT2D eigenvalue weighted by Crippen LogP contribution is 2.24. The van der Waals surface area contributed by atoms with Gasteiger partial charge in [-0.1, -0.05) is 13.8 Å². The summed E-state index contributed by atoms with van der Waals surface area (Å²) in [6.45, 7) is 11.0. The van der Waals surface area contributed by atoms with Gasteiger partial charge in [0.05, 0.1) is 6.10 Å². The van der Waals surface area contributed by atoms with Crippen molar-refractivity contribution in [2.24, 2.45) is 5.92 Å². The van der Waals surface area contributed by atoms with Gasteiger partial charge >= 0.3 is 0 Å². The molecule has 0 aliphatic carbocycles. The van der Waals surface area contributed by atoms with Crippen LogP contribution in [0, 0.1) is 5.92 Å². The van der Waals surface area contributed by atoms with Gasteiger partial charge in [0.15, 0.2) is 0 Å². The van der Waals surface area contributed by atoms with Crippen molar-refractivity contribution in [3.63, 3.8) is 0 Å². The average molecular weight is 185 g/mol. The molecule has 0 bridgehead atoms. The predicted molar refractivity (Wildman–Crippen MR) is 55.9 cm³/mol. The van der Waals surface area contributed by atoms with Crippen molar-refractivity contribution in [1.82, 2.24) is 5.32 Å². The molecule has 2 atom stereocenters. The Hall–Kier alpha value is -0.0800. The van der Waals surface area contributed by atoms with E-state index in [2.05, 4.69) is 33.0 Å². The molecule has 1 N–H and O–H groups in total. The third kappa shape index (κ3) is 2.96. The van der Waals surface area contributed by atoms with Crippen LogP contribution in [0.1, 0.15) is 40.5 Å². The number of rotatable bonds is 4. The molecule has 0 aromatic rings. The lowest BCUT2D eigenvalue weighted by Gasteiger charge is -2.29. The standard InChI is InChI=1S/C11H23NO/c1-9(2)5-7-12-11(4)6-8-13-10(11)3/h9-10,12H,5-8H2,1-4H3. The summed E-state index contributed by atoms with van der Waals surface area (Å²) in [4.78, 5) is 0. The Kier molecular flexibility index (Phi) is 3.74. The monoisotopic (exact) mass is 185 g/mol. The van der Waals surface area contributed by atoms with Crippen LogP contribution in [-0.4, -0.2) is 24.8 Å². The van der Waals surface area contributed by atoms with E-state index in [1.165, 1.54) is 6.42 Å². The lowest BCUT2D eigenvalue weighted by Crippen LogP contribution is -2.48. The maximum Gasteiger partial charge on any atom is 0.0726 e. The molecule has 0 spiro atoms. The SMILES string of the molecule is CC(C)CCNC1(C)CCOC1C. The smallest absolute Gasteiger partial charge is 0.0726 e. The van der Waals surface area contributed by atoms with Crippen LogP contribution in [0.3, 0.4) is 0 Å². The van der Waals surface area contributed by atoms with Gasteiger partial charge < -0.3 is 10.1 Å². The van der Waals surface area contributed by atoms with Crippen molar-refractivity contribution in [2.45, 2.75) is 52.2 Å². The minimum Gasteiger partial charge on any atom is -0.377 e. The molecule has 0 radical (unpaired) electrons. The molecule has 1 aliphatic heterocycles. The predicted octanol–water partition coefficient (Wildman–Crippen LogP) is 2.19. The first-order valence-electron chi connectivity index (χ1n) is 5.41. The van der Waals surface area contributed by atoms with Crippen LogP contribution in [0.4, 0.5) is 0 Å². The minimum atomic E-state index is 0.217. The Balaban J connectivity index is 2.26. The largest absolute Gasteiger partial charge is 0.377 e. The van der Waals surface area contributed by atoms with E-state index in [1.54, 1.807) is 0 Å². The van der Waals surface area contributed by atoms with Crippen molar-refractivity contribution in [1.29, 1.82) is 0 Å². The van der Waals surface area contributed by atoms with Crippen molar-refractivity contribution in [3.8, 4) is 0 Å². The van der Waals surface area contributed by atoms with E-state index >= 15 is 0 Å². The van der Waals surface area contributed by atoms with Crippen LogP contribution in [-0.2, 0) is 4.74 Å². The quantitative estimate of drug-likeness (QED) is 0.725. The Bertz CT molecular complexity index is 158. The van der Waals surface area contributed by atoms with E-state index in [0.29, 0.717) is 6.10 Å². The highest BCUT2D eigenvalue weighted by Gasteiger charge is 2.35. The fourth-order valence-corrected chi connectivity index (χ4v) is 1.71. The average Bonchev–Trinajstić information content (AvgIpc) is 2.32. The van der Waals surface area contributed by atoms with Gasteiger partial charge in [0, 0.05) is 12.1 Å². The molecule has 1 saturated heterocycles. The number of hydrogen-bond donors (Lipinski definition) is 1. The van der Waals surface area contributed by atoms with E-state index in [-0.39, 0.29) is 5.54 Å². The first kappa shape index (κ1) is 11.0. The molecular formula is C11H23NO. The fraction of sp³-hybridized carbons (Fsp3) is 1.00. The molecule has 13 heavy (non-hydrogen) atoms. The Labute approximate surface area is 82.0 Å². The van der Waals surface area contributed by atoms with Gasteiger partial charge in [-0.25, -0.2) is 0 Å². The van der Waals surface area contributed by atoms with Crippen LogP contribution >= 0.6 is 0 Å². The highest BCUT2D eigenvalue weighted by molar-refractivity contribution is 4.93. The van der Waals surface area contributed by atoms with Crippen LogP contribution in [0.5, 0.6) is 0 Å². The normalized spacial score (nSPS) is 34.4. The van der Waals surface area contributed by atoms with Gasteiger partial charge in [-0.2, -0.15) is 0 Å². The van der Waals surface area contributed by atoms with Gasteiger partial charge in [0.25, 0.3) is 0 Å². The van der Waals surface area contributed by atoms with Crippen molar-refractivity contribution < 1.29 is 4.74 Å². The molecule has 2 unspecified atom stereocenters. The lowest BCUT2D eigenvalue weighted by atomic mass is 9.94. The topological polar surface area (TPSA) is 21.3 Å². The van der Waals surface area contributed by atoms with E-state index < -0.39 is 0 Å². The molecule has 0 aromatic heterocycles. The lowest BCUT2D eigenvalue weighted by molar-refractivity contribution is 0.0884. The minimum absolute atomic E-state index is 0.217. The Morgan fingerprint density at radius 1 is 1.54 bits per heavy atom. The number of ether oxygens (including phenoxy) is 1. The maximum atomic E-state index is 5.56. The zero-order valence-electron chi connectivity index (χ0n) is 9.39. The molecule has 0 aromatic carbocycles. The van der Waals surface area contributed by atoms with Crippen molar-refractivity contribution in [2.75, 3.05) is 13.2 Å². The Morgan fingerprint density at radius 3 is 2.69 bits per heavy atom. The summed E-state index contributed by atoms with van der Waals surface area (Å²) in [7, 11) is 0. The second kappa shape index (κ2) is 4.43. The van der Waals surface area contributed by atoms with Gasteiger partial charge in [0.1, 0.15) is 0 Å². The molecular weight excluding hydrogens is 162 g/mol. The van der Waals surface area contributed by atoms with Crippen LogP contribution in [0.25, 0.3) is 0 Å². The molecule has 1 rings (SSSR count). The number of nitrogens with one attached hydrogen (secondary N) is 1. The third-order valence-corrected chi connectivity index (χ3v) is 3.14. The summed E-state index contributed by atoms with van der Waals surface area (Å²) < 4.78 is 5.56. The van der Waals surface area contributed by atoms with E-state index in [1.807, 2.05) is 0 Å². The summed E-state index contributed by atoms with van der Waals surface area (Å²) in [6, 6.07) is 0. The molecule has 1 heterocycles. The molecule has 2 heteroatoms. The fourth-order valence-electron chi connectivity index (χ4n) is 1.71. The van der Waals surface area contributed by atoms with Gasteiger partial charge in [-0.15, -0.1) is 0 Å². The maximum absolute atomic E-state index is 5.56. The van der Waals surface area contributed by atoms with E-state index in [9.17, 15) is 0 Å². The van der Waals surface area contributed by atoms with Crippen LogP contribution < -0.4 is 5.32 Å². The molecule has 0 amide bonds. The van der Waals surface area contributed by atoms with Crippen LogP contribution in [0.2, 0.25) is 0 Å². The number of hydrogen-bond acceptors (Lipinski definition) is 2. The van der Waals surface area contributed by atoms with Crippen LogP contribution in [0.15, 0.2) is 0 Å². The van der Waals surface area contributed by atoms with E-state index in [4.69, 9.17) is 4.74 Å². The summed E-state index contributed by atoms with van der Waals surface area (Å²) in [5.74, 6) is 0.786. The van der Waals surface area contributed by atoms with Gasteiger partial charge in [-0.05, 0) is 39.2 Å². The Morgan fingerprint density at radius 2 is 2.23 bits per heavy atom. The first-order valence-corrected chi connectivity index (χ1v) is 5.41. The van der Waals surface area contributed by atoms with Crippen molar-refractivity contribution >= 4 is 0 Å².